The molecule has 2 N–H and O–H groups in total. The van der Waals surface area contributed by atoms with Crippen molar-refractivity contribution in [3.63, 3.8) is 0 Å². The third-order valence-corrected chi connectivity index (χ3v) is 1.76. The van der Waals surface area contributed by atoms with Crippen LogP contribution in [0.5, 0.6) is 0 Å². The van der Waals surface area contributed by atoms with Gasteiger partial charge in [-0.05, 0) is 11.6 Å². The predicted octanol–water partition coefficient (Wildman–Crippen LogP) is 0.743. The lowest BCUT2D eigenvalue weighted by molar-refractivity contribution is -0.143. The molecule has 13 heavy (non-hydrogen) atoms. The molecule has 0 saturated heterocycles. The monoisotopic (exact) mass is 221 g/mol. The molecule has 0 unspecified atom stereocenters. The topological polar surface area (TPSA) is 78.1 Å². The predicted molar refractivity (Wildman–Crippen MR) is 46.0 cm³/mol. The molecule has 0 radical (unpaired) electrons. The molecule has 1 heterocycles. The van der Waals surface area contributed by atoms with Gasteiger partial charge in [0, 0.05) is 11.8 Å². The van der Waals surface area contributed by atoms with Gasteiger partial charge >= 0.3 is 5.97 Å². The van der Waals surface area contributed by atoms with Crippen LogP contribution in [-0.4, -0.2) is 15.9 Å². The molecule has 0 fully saturated rings. The van der Waals surface area contributed by atoms with Crippen molar-refractivity contribution >= 4 is 29.2 Å². The van der Waals surface area contributed by atoms with Crippen LogP contribution >= 0.6 is 23.2 Å². The summed E-state index contributed by atoms with van der Waals surface area (Å²) in [6.07, 6.45) is 1.26. The Morgan fingerprint density at radius 2 is 2.31 bits per heavy atom. The highest BCUT2D eigenvalue weighted by Crippen LogP contribution is 2.14. The van der Waals surface area contributed by atoms with Gasteiger partial charge in [0.05, 0.1) is 6.42 Å². The Bertz CT molecular complexity index is 332. The van der Waals surface area contributed by atoms with Crippen LogP contribution in [0.1, 0.15) is 5.56 Å². The molecule has 0 atom stereocenters. The molecule has 1 aromatic heterocycles. The van der Waals surface area contributed by atoms with Gasteiger partial charge in [-0.1, -0.05) is 11.6 Å². The molecule has 0 spiro atoms. The van der Waals surface area contributed by atoms with Gasteiger partial charge in [0.25, 0.3) is 0 Å². The lowest BCUT2D eigenvalue weighted by atomic mass is 10.2. The summed E-state index contributed by atoms with van der Waals surface area (Å²) in [7, 11) is 0. The quantitative estimate of drug-likeness (QED) is 0.453. The largest absolute Gasteiger partial charge is 0.373 e. The summed E-state index contributed by atoms with van der Waals surface area (Å²) in [5.41, 5.74) is 0.418. The summed E-state index contributed by atoms with van der Waals surface area (Å²) in [6, 6.07) is 0. The number of hydrogen-bond donors (Lipinski definition) is 1. The summed E-state index contributed by atoms with van der Waals surface area (Å²) in [4.78, 5) is 22.0. The fourth-order valence-corrected chi connectivity index (χ4v) is 1.05. The normalized spacial score (nSPS) is 9.77. The van der Waals surface area contributed by atoms with Crippen molar-refractivity contribution in [2.45, 2.75) is 6.42 Å². The van der Waals surface area contributed by atoms with Gasteiger partial charge < -0.3 is 4.84 Å². The molecule has 0 saturated carbocycles. The van der Waals surface area contributed by atoms with E-state index in [2.05, 4.69) is 20.7 Å². The van der Waals surface area contributed by atoms with Crippen molar-refractivity contribution in [2.24, 2.45) is 5.90 Å². The van der Waals surface area contributed by atoms with E-state index in [1.54, 1.807) is 0 Å². The van der Waals surface area contributed by atoms with E-state index in [1.165, 1.54) is 6.20 Å². The van der Waals surface area contributed by atoms with Crippen LogP contribution in [0, 0.1) is 0 Å². The number of hydrogen-bond acceptors (Lipinski definition) is 5. The summed E-state index contributed by atoms with van der Waals surface area (Å²) in [5, 5.41) is 0.139. The van der Waals surface area contributed by atoms with Gasteiger partial charge in [-0.25, -0.2) is 9.97 Å². The molecular formula is C6H5Cl2N3O2. The molecule has 0 bridgehead atoms. The molecule has 0 aliphatic rings. The number of carbonyl (C=O) groups excluding carboxylic acids is 1. The Morgan fingerprint density at radius 1 is 1.62 bits per heavy atom. The van der Waals surface area contributed by atoms with E-state index in [1.807, 2.05) is 0 Å². The molecule has 0 aliphatic carbocycles. The minimum atomic E-state index is -0.618. The van der Waals surface area contributed by atoms with Gasteiger partial charge in [-0.2, -0.15) is 5.90 Å². The van der Waals surface area contributed by atoms with Crippen molar-refractivity contribution in [1.82, 2.24) is 9.97 Å². The standard InChI is InChI=1S/C6H5Cl2N3O2/c7-5-3(1-4(12)13-9)2-10-6(8)11-5/h2H,1,9H2. The summed E-state index contributed by atoms with van der Waals surface area (Å²) < 4.78 is 0. The van der Waals surface area contributed by atoms with Crippen molar-refractivity contribution in [2.75, 3.05) is 0 Å². The zero-order valence-electron chi connectivity index (χ0n) is 6.33. The van der Waals surface area contributed by atoms with Crippen LogP contribution in [0.3, 0.4) is 0 Å². The Morgan fingerprint density at radius 3 is 2.85 bits per heavy atom. The molecule has 1 rings (SSSR count). The van der Waals surface area contributed by atoms with E-state index in [4.69, 9.17) is 23.2 Å². The van der Waals surface area contributed by atoms with Gasteiger partial charge in [-0.15, -0.1) is 0 Å². The maximum Gasteiger partial charge on any atom is 0.328 e. The van der Waals surface area contributed by atoms with Crippen molar-refractivity contribution in [1.29, 1.82) is 0 Å². The Balaban J connectivity index is 2.83. The molecule has 0 aliphatic heterocycles. The second-order valence-electron chi connectivity index (χ2n) is 2.12. The van der Waals surface area contributed by atoms with Crippen LogP contribution in [0.4, 0.5) is 0 Å². The lowest BCUT2D eigenvalue weighted by Crippen LogP contribution is -2.13. The van der Waals surface area contributed by atoms with Crippen LogP contribution in [0.2, 0.25) is 10.4 Å². The van der Waals surface area contributed by atoms with Crippen LogP contribution in [-0.2, 0) is 16.1 Å². The van der Waals surface area contributed by atoms with Crippen molar-refractivity contribution < 1.29 is 9.63 Å². The molecule has 70 valence electrons. The van der Waals surface area contributed by atoms with Crippen LogP contribution in [0.25, 0.3) is 0 Å². The fraction of sp³-hybridized carbons (Fsp3) is 0.167. The van der Waals surface area contributed by atoms with E-state index >= 15 is 0 Å². The third kappa shape index (κ3) is 2.80. The average Bonchev–Trinajstić information content (AvgIpc) is 2.09. The van der Waals surface area contributed by atoms with Crippen LogP contribution < -0.4 is 5.90 Å². The smallest absolute Gasteiger partial charge is 0.328 e. The highest BCUT2D eigenvalue weighted by molar-refractivity contribution is 6.32. The number of carbonyl (C=O) groups is 1. The van der Waals surface area contributed by atoms with Crippen molar-refractivity contribution in [3.05, 3.63) is 22.2 Å². The van der Waals surface area contributed by atoms with Gasteiger partial charge in [0.2, 0.25) is 5.28 Å². The van der Waals surface area contributed by atoms with Crippen molar-refractivity contribution in [3.8, 4) is 0 Å². The molecule has 1 aromatic rings. The maximum absolute atomic E-state index is 10.7. The molecular weight excluding hydrogens is 217 g/mol. The molecule has 5 nitrogen and oxygen atoms in total. The maximum atomic E-state index is 10.7. The zero-order chi connectivity index (χ0) is 9.84. The number of aromatic nitrogens is 2. The van der Waals surface area contributed by atoms with E-state index in [-0.39, 0.29) is 16.9 Å². The fourth-order valence-electron chi connectivity index (χ4n) is 0.682. The number of nitrogens with two attached hydrogens (primary N) is 1. The van der Waals surface area contributed by atoms with E-state index in [0.29, 0.717) is 5.56 Å². The highest BCUT2D eigenvalue weighted by atomic mass is 35.5. The first-order valence-corrected chi connectivity index (χ1v) is 3.95. The zero-order valence-corrected chi connectivity index (χ0v) is 7.84. The Kier molecular flexibility index (Phi) is 3.41. The van der Waals surface area contributed by atoms with Gasteiger partial charge in [-0.3, -0.25) is 4.79 Å². The summed E-state index contributed by atoms with van der Waals surface area (Å²) in [5.74, 6) is 4.02. The van der Waals surface area contributed by atoms with Gasteiger partial charge in [0.15, 0.2) is 0 Å². The first kappa shape index (κ1) is 10.2. The molecule has 7 heteroatoms. The number of rotatable bonds is 2. The number of halogens is 2. The van der Waals surface area contributed by atoms with E-state index in [0.717, 1.165) is 0 Å². The average molecular weight is 222 g/mol. The summed E-state index contributed by atoms with van der Waals surface area (Å²) >= 11 is 11.1. The minimum absolute atomic E-state index is 0.0230. The second kappa shape index (κ2) is 4.36. The SMILES string of the molecule is NOC(=O)Cc1cnc(Cl)nc1Cl. The Labute approximate surface area is 83.8 Å². The van der Waals surface area contributed by atoms with E-state index < -0.39 is 5.97 Å². The first-order chi connectivity index (χ1) is 6.13. The molecule has 0 aromatic carbocycles. The Hall–Kier alpha value is -0.910. The first-order valence-electron chi connectivity index (χ1n) is 3.20. The lowest BCUT2D eigenvalue weighted by Gasteiger charge is -2.00. The van der Waals surface area contributed by atoms with Crippen LogP contribution in [0.15, 0.2) is 6.20 Å². The summed E-state index contributed by atoms with van der Waals surface area (Å²) in [6.45, 7) is 0. The molecule has 0 amide bonds. The number of nitrogens with zero attached hydrogens (tertiary/aromatic N) is 2. The third-order valence-electron chi connectivity index (χ3n) is 1.25. The minimum Gasteiger partial charge on any atom is -0.373 e. The van der Waals surface area contributed by atoms with Gasteiger partial charge in [0.1, 0.15) is 5.15 Å². The van der Waals surface area contributed by atoms with E-state index in [9.17, 15) is 4.79 Å². The highest BCUT2D eigenvalue weighted by Gasteiger charge is 2.09. The second-order valence-corrected chi connectivity index (χ2v) is 2.82.